The summed E-state index contributed by atoms with van der Waals surface area (Å²) in [5.41, 5.74) is 2.78. The topological polar surface area (TPSA) is 62.7 Å². The first-order valence-corrected chi connectivity index (χ1v) is 13.4. The number of halogens is 3. The Balaban J connectivity index is 1.41. The van der Waals surface area contributed by atoms with Crippen LogP contribution in [0, 0.1) is 0 Å². The lowest BCUT2D eigenvalue weighted by Gasteiger charge is -2.29. The fraction of sp³-hybridized carbons (Fsp3) is 0.323. The fourth-order valence-corrected chi connectivity index (χ4v) is 5.18. The second-order valence-corrected chi connectivity index (χ2v) is 10.0. The SMILES string of the molecule is FC(F)(F)c1cccc(-c2cnc(NC[C@H](Cc3ccccc3)NC3CCCCC3)nc2-c2ccncc2)c1. The smallest absolute Gasteiger partial charge is 0.353 e. The van der Waals surface area contributed by atoms with Gasteiger partial charge in [0.05, 0.1) is 11.3 Å². The lowest BCUT2D eigenvalue weighted by molar-refractivity contribution is -0.137. The molecule has 8 heteroatoms. The first kappa shape index (κ1) is 26.8. The van der Waals surface area contributed by atoms with Crippen molar-refractivity contribution in [2.75, 3.05) is 11.9 Å². The van der Waals surface area contributed by atoms with E-state index in [0.717, 1.165) is 24.1 Å². The van der Waals surface area contributed by atoms with Crippen molar-refractivity contribution in [1.82, 2.24) is 20.3 Å². The van der Waals surface area contributed by atoms with Gasteiger partial charge >= 0.3 is 6.18 Å². The van der Waals surface area contributed by atoms with E-state index in [1.807, 2.05) is 6.07 Å². The van der Waals surface area contributed by atoms with Crippen molar-refractivity contribution in [2.45, 2.75) is 56.8 Å². The summed E-state index contributed by atoms with van der Waals surface area (Å²) in [7, 11) is 0. The molecule has 0 aliphatic heterocycles. The van der Waals surface area contributed by atoms with E-state index >= 15 is 0 Å². The second-order valence-electron chi connectivity index (χ2n) is 10.0. The Bertz CT molecular complexity index is 1340. The van der Waals surface area contributed by atoms with Gasteiger partial charge in [-0.2, -0.15) is 13.2 Å². The Hall–Kier alpha value is -3.78. The molecule has 0 radical (unpaired) electrons. The fourth-order valence-electron chi connectivity index (χ4n) is 5.18. The lowest BCUT2D eigenvalue weighted by Crippen LogP contribution is -2.44. The van der Waals surface area contributed by atoms with E-state index in [1.54, 1.807) is 36.8 Å². The van der Waals surface area contributed by atoms with E-state index in [0.29, 0.717) is 35.4 Å². The van der Waals surface area contributed by atoms with Crippen LogP contribution in [0.4, 0.5) is 19.1 Å². The van der Waals surface area contributed by atoms with Crippen LogP contribution in [0.5, 0.6) is 0 Å². The van der Waals surface area contributed by atoms with Crippen molar-refractivity contribution in [3.63, 3.8) is 0 Å². The van der Waals surface area contributed by atoms with Crippen molar-refractivity contribution < 1.29 is 13.2 Å². The highest BCUT2D eigenvalue weighted by Gasteiger charge is 2.30. The number of aromatic nitrogens is 3. The van der Waals surface area contributed by atoms with Crippen molar-refractivity contribution in [3.05, 3.63) is 96.4 Å². The van der Waals surface area contributed by atoms with Crippen molar-refractivity contribution in [2.24, 2.45) is 0 Å². The van der Waals surface area contributed by atoms with Gasteiger partial charge in [0.15, 0.2) is 0 Å². The van der Waals surface area contributed by atoms with E-state index in [4.69, 9.17) is 4.98 Å². The molecule has 0 unspecified atom stereocenters. The second kappa shape index (κ2) is 12.4. The summed E-state index contributed by atoms with van der Waals surface area (Å²) >= 11 is 0. The van der Waals surface area contributed by atoms with Crippen molar-refractivity contribution >= 4 is 5.95 Å². The highest BCUT2D eigenvalue weighted by atomic mass is 19.4. The number of alkyl halides is 3. The maximum absolute atomic E-state index is 13.4. The Morgan fingerprint density at radius 2 is 1.64 bits per heavy atom. The number of hydrogen-bond acceptors (Lipinski definition) is 5. The first-order valence-electron chi connectivity index (χ1n) is 13.4. The first-order chi connectivity index (χ1) is 19.0. The molecule has 2 aromatic carbocycles. The van der Waals surface area contributed by atoms with Crippen LogP contribution in [0.2, 0.25) is 0 Å². The predicted octanol–water partition coefficient (Wildman–Crippen LogP) is 7.17. The third-order valence-electron chi connectivity index (χ3n) is 7.15. The summed E-state index contributed by atoms with van der Waals surface area (Å²) in [6, 6.07) is 19.9. The Morgan fingerprint density at radius 1 is 0.872 bits per heavy atom. The van der Waals surface area contributed by atoms with E-state index in [1.165, 1.54) is 43.7 Å². The molecule has 1 saturated carbocycles. The zero-order valence-electron chi connectivity index (χ0n) is 21.7. The molecular weight excluding hydrogens is 499 g/mol. The highest BCUT2D eigenvalue weighted by molar-refractivity contribution is 5.81. The summed E-state index contributed by atoms with van der Waals surface area (Å²) in [6.45, 7) is 0.615. The van der Waals surface area contributed by atoms with Gasteiger partial charge in [0.2, 0.25) is 5.95 Å². The largest absolute Gasteiger partial charge is 0.416 e. The number of nitrogens with one attached hydrogen (secondary N) is 2. The quantitative estimate of drug-likeness (QED) is 0.240. The number of hydrogen-bond donors (Lipinski definition) is 2. The summed E-state index contributed by atoms with van der Waals surface area (Å²) in [6.07, 6.45) is 7.47. The molecule has 4 aromatic rings. The van der Waals surface area contributed by atoms with Gasteiger partial charge in [0.1, 0.15) is 0 Å². The minimum absolute atomic E-state index is 0.173. The van der Waals surface area contributed by atoms with Crippen LogP contribution in [0.3, 0.4) is 0 Å². The normalized spacial score (nSPS) is 15.2. The van der Waals surface area contributed by atoms with Gasteiger partial charge < -0.3 is 10.6 Å². The Labute approximate surface area is 227 Å². The van der Waals surface area contributed by atoms with Crippen LogP contribution in [0.1, 0.15) is 43.2 Å². The summed E-state index contributed by atoms with van der Waals surface area (Å²) in [5.74, 6) is 0.432. The maximum Gasteiger partial charge on any atom is 0.416 e. The van der Waals surface area contributed by atoms with Crippen LogP contribution in [-0.2, 0) is 12.6 Å². The molecular formula is C31H32F3N5. The van der Waals surface area contributed by atoms with Crippen LogP contribution in [-0.4, -0.2) is 33.6 Å². The van der Waals surface area contributed by atoms with E-state index in [9.17, 15) is 13.2 Å². The average Bonchev–Trinajstić information content (AvgIpc) is 2.97. The molecule has 1 fully saturated rings. The maximum atomic E-state index is 13.4. The number of anilines is 1. The van der Waals surface area contributed by atoms with E-state index in [2.05, 4.69) is 44.9 Å². The van der Waals surface area contributed by atoms with Crippen LogP contribution < -0.4 is 10.6 Å². The zero-order chi connectivity index (χ0) is 27.1. The molecule has 5 nitrogen and oxygen atoms in total. The molecule has 2 N–H and O–H groups in total. The van der Waals surface area contributed by atoms with Crippen molar-refractivity contribution in [3.8, 4) is 22.4 Å². The van der Waals surface area contributed by atoms with Gasteiger partial charge in [-0.25, -0.2) is 9.97 Å². The molecule has 39 heavy (non-hydrogen) atoms. The molecule has 0 spiro atoms. The number of benzene rings is 2. The third-order valence-corrected chi connectivity index (χ3v) is 7.15. The van der Waals surface area contributed by atoms with Gasteiger partial charge in [-0.15, -0.1) is 0 Å². The van der Waals surface area contributed by atoms with Crippen LogP contribution >= 0.6 is 0 Å². The molecule has 0 bridgehead atoms. The monoisotopic (exact) mass is 531 g/mol. The standard InChI is InChI=1S/C31H32F3N5/c32-31(33,34)25-11-7-10-24(19-25)28-21-37-30(39-29(28)23-14-16-35-17-15-23)36-20-27(18-22-8-3-1-4-9-22)38-26-12-5-2-6-13-26/h1,3-4,7-11,14-17,19,21,26-27,38H,2,5-6,12-13,18,20H2,(H,36,37,39)/t27-/m0/s1. The summed E-state index contributed by atoms with van der Waals surface area (Å²) < 4.78 is 40.2. The molecule has 0 saturated heterocycles. The van der Waals surface area contributed by atoms with Gasteiger partial charge in [-0.05, 0) is 54.7 Å². The molecule has 2 aromatic heterocycles. The van der Waals surface area contributed by atoms with E-state index in [-0.39, 0.29) is 6.04 Å². The third kappa shape index (κ3) is 7.20. The summed E-state index contributed by atoms with van der Waals surface area (Å²) in [4.78, 5) is 13.4. The predicted molar refractivity (Wildman–Crippen MR) is 148 cm³/mol. The Kier molecular flexibility index (Phi) is 8.51. The van der Waals surface area contributed by atoms with Crippen LogP contribution in [0.25, 0.3) is 22.4 Å². The van der Waals surface area contributed by atoms with Crippen molar-refractivity contribution in [1.29, 1.82) is 0 Å². The number of rotatable bonds is 9. The molecule has 202 valence electrons. The lowest BCUT2D eigenvalue weighted by atomic mass is 9.94. The minimum Gasteiger partial charge on any atom is -0.353 e. The molecule has 1 atom stereocenters. The number of nitrogens with zero attached hydrogens (tertiary/aromatic N) is 3. The molecule has 1 aliphatic carbocycles. The van der Waals surface area contributed by atoms with Gasteiger partial charge in [-0.1, -0.05) is 61.7 Å². The van der Waals surface area contributed by atoms with Gasteiger partial charge in [0, 0.05) is 48.3 Å². The molecule has 0 amide bonds. The Morgan fingerprint density at radius 3 is 2.38 bits per heavy atom. The molecule has 5 rings (SSSR count). The molecule has 1 aliphatic rings. The van der Waals surface area contributed by atoms with Gasteiger partial charge in [-0.3, -0.25) is 4.98 Å². The van der Waals surface area contributed by atoms with Crippen LogP contribution in [0.15, 0.2) is 85.3 Å². The van der Waals surface area contributed by atoms with E-state index < -0.39 is 11.7 Å². The average molecular weight is 532 g/mol. The summed E-state index contributed by atoms with van der Waals surface area (Å²) in [5, 5.41) is 7.24. The minimum atomic E-state index is -4.44. The molecule has 2 heterocycles. The highest BCUT2D eigenvalue weighted by Crippen LogP contribution is 2.35. The number of pyridine rings is 1. The van der Waals surface area contributed by atoms with Gasteiger partial charge in [0.25, 0.3) is 0 Å². The zero-order valence-corrected chi connectivity index (χ0v) is 21.7.